The van der Waals surface area contributed by atoms with E-state index < -0.39 is 12.1 Å². The summed E-state index contributed by atoms with van der Waals surface area (Å²) in [7, 11) is 0. The van der Waals surface area contributed by atoms with Crippen molar-refractivity contribution in [1.29, 1.82) is 0 Å². The SMILES string of the molecule is Cc1cccc(/C=C/C(=O)NCC[C@H](O)C(=O)O)c1. The van der Waals surface area contributed by atoms with Gasteiger partial charge in [0, 0.05) is 19.0 Å². The van der Waals surface area contributed by atoms with E-state index in [0.717, 1.165) is 11.1 Å². The smallest absolute Gasteiger partial charge is 0.332 e. The summed E-state index contributed by atoms with van der Waals surface area (Å²) in [5.74, 6) is -1.61. The average molecular weight is 263 g/mol. The number of carboxylic acid groups (broad SMARTS) is 1. The number of carbonyl (C=O) groups is 2. The van der Waals surface area contributed by atoms with Gasteiger partial charge in [0.1, 0.15) is 0 Å². The van der Waals surface area contributed by atoms with Crippen molar-refractivity contribution in [3.05, 3.63) is 41.5 Å². The monoisotopic (exact) mass is 263 g/mol. The highest BCUT2D eigenvalue weighted by molar-refractivity contribution is 5.91. The Hall–Kier alpha value is -2.14. The standard InChI is InChI=1S/C14H17NO4/c1-10-3-2-4-11(9-10)5-6-13(17)15-8-7-12(16)14(18)19/h2-6,9,12,16H,7-8H2,1H3,(H,15,17)(H,18,19)/b6-5+/t12-/m0/s1. The lowest BCUT2D eigenvalue weighted by Crippen LogP contribution is -2.28. The number of amides is 1. The summed E-state index contributed by atoms with van der Waals surface area (Å²) in [4.78, 5) is 21.8. The van der Waals surface area contributed by atoms with Crippen LogP contribution in [0.2, 0.25) is 0 Å². The molecule has 0 saturated carbocycles. The highest BCUT2D eigenvalue weighted by Crippen LogP contribution is 2.05. The van der Waals surface area contributed by atoms with Crippen LogP contribution in [0.3, 0.4) is 0 Å². The number of nitrogens with one attached hydrogen (secondary N) is 1. The molecule has 102 valence electrons. The first-order valence-corrected chi connectivity index (χ1v) is 5.92. The number of carbonyl (C=O) groups excluding carboxylic acids is 1. The van der Waals surface area contributed by atoms with E-state index in [0.29, 0.717) is 0 Å². The Morgan fingerprint density at radius 3 is 2.79 bits per heavy atom. The molecule has 19 heavy (non-hydrogen) atoms. The molecular weight excluding hydrogens is 246 g/mol. The molecule has 0 bridgehead atoms. The topological polar surface area (TPSA) is 86.6 Å². The number of carboxylic acids is 1. The van der Waals surface area contributed by atoms with Gasteiger partial charge in [0.15, 0.2) is 6.10 Å². The fraction of sp³-hybridized carbons (Fsp3) is 0.286. The van der Waals surface area contributed by atoms with Crippen LogP contribution in [-0.4, -0.2) is 34.7 Å². The van der Waals surface area contributed by atoms with Crippen molar-refractivity contribution >= 4 is 18.0 Å². The normalized spacial score (nSPS) is 12.3. The van der Waals surface area contributed by atoms with Gasteiger partial charge in [0.25, 0.3) is 0 Å². The lowest BCUT2D eigenvalue weighted by molar-refractivity contribution is -0.147. The first-order valence-electron chi connectivity index (χ1n) is 5.92. The van der Waals surface area contributed by atoms with Crippen molar-refractivity contribution in [2.45, 2.75) is 19.4 Å². The first kappa shape index (κ1) is 14.9. The Kier molecular flexibility index (Phi) is 5.75. The highest BCUT2D eigenvalue weighted by Gasteiger charge is 2.12. The van der Waals surface area contributed by atoms with E-state index in [1.807, 2.05) is 31.2 Å². The summed E-state index contributed by atoms with van der Waals surface area (Å²) in [6, 6.07) is 7.68. The minimum Gasteiger partial charge on any atom is -0.479 e. The van der Waals surface area contributed by atoms with Crippen molar-refractivity contribution in [2.75, 3.05) is 6.54 Å². The van der Waals surface area contributed by atoms with Crippen LogP contribution >= 0.6 is 0 Å². The molecule has 0 aromatic heterocycles. The van der Waals surface area contributed by atoms with Gasteiger partial charge < -0.3 is 15.5 Å². The van der Waals surface area contributed by atoms with Crippen LogP contribution in [-0.2, 0) is 9.59 Å². The third-order valence-electron chi connectivity index (χ3n) is 2.47. The zero-order valence-corrected chi connectivity index (χ0v) is 10.7. The van der Waals surface area contributed by atoms with E-state index in [9.17, 15) is 9.59 Å². The van der Waals surface area contributed by atoms with E-state index in [-0.39, 0.29) is 18.9 Å². The zero-order valence-electron chi connectivity index (χ0n) is 10.7. The van der Waals surface area contributed by atoms with Gasteiger partial charge in [-0.2, -0.15) is 0 Å². The molecule has 0 aliphatic carbocycles. The Morgan fingerprint density at radius 1 is 1.42 bits per heavy atom. The summed E-state index contributed by atoms with van der Waals surface area (Å²) < 4.78 is 0. The fourth-order valence-corrected chi connectivity index (χ4v) is 1.46. The van der Waals surface area contributed by atoms with Crippen LogP contribution in [0.25, 0.3) is 6.08 Å². The van der Waals surface area contributed by atoms with Crippen LogP contribution in [0.1, 0.15) is 17.5 Å². The van der Waals surface area contributed by atoms with Crippen LogP contribution in [0.5, 0.6) is 0 Å². The quantitative estimate of drug-likeness (QED) is 0.667. The second-order valence-corrected chi connectivity index (χ2v) is 4.18. The van der Waals surface area contributed by atoms with Gasteiger partial charge >= 0.3 is 5.97 Å². The van der Waals surface area contributed by atoms with Gasteiger partial charge in [0.05, 0.1) is 0 Å². The van der Waals surface area contributed by atoms with Gasteiger partial charge in [-0.25, -0.2) is 4.79 Å². The Morgan fingerprint density at radius 2 is 2.16 bits per heavy atom. The molecule has 1 aromatic rings. The zero-order chi connectivity index (χ0) is 14.3. The number of aliphatic hydroxyl groups is 1. The summed E-state index contributed by atoms with van der Waals surface area (Å²) in [5, 5.41) is 20.0. The molecule has 5 heteroatoms. The van der Waals surface area contributed by atoms with Gasteiger partial charge in [0.2, 0.25) is 5.91 Å². The van der Waals surface area contributed by atoms with Crippen molar-refractivity contribution in [2.24, 2.45) is 0 Å². The van der Waals surface area contributed by atoms with Crippen LogP contribution in [0.4, 0.5) is 0 Å². The third-order valence-corrected chi connectivity index (χ3v) is 2.47. The lowest BCUT2D eigenvalue weighted by atomic mass is 10.1. The van der Waals surface area contributed by atoms with Crippen molar-refractivity contribution in [3.63, 3.8) is 0 Å². The van der Waals surface area contributed by atoms with Gasteiger partial charge in [-0.05, 0) is 18.6 Å². The molecule has 0 fully saturated rings. The molecule has 0 unspecified atom stereocenters. The molecule has 0 heterocycles. The number of aryl methyl sites for hydroxylation is 1. The van der Waals surface area contributed by atoms with E-state index >= 15 is 0 Å². The minimum atomic E-state index is -1.44. The van der Waals surface area contributed by atoms with Crippen molar-refractivity contribution in [3.8, 4) is 0 Å². The molecule has 5 nitrogen and oxygen atoms in total. The number of hydrogen-bond donors (Lipinski definition) is 3. The van der Waals surface area contributed by atoms with Crippen LogP contribution in [0.15, 0.2) is 30.3 Å². The first-order chi connectivity index (χ1) is 8.99. The van der Waals surface area contributed by atoms with E-state index in [4.69, 9.17) is 10.2 Å². The Balaban J connectivity index is 2.37. The molecule has 1 aromatic carbocycles. The number of hydrogen-bond acceptors (Lipinski definition) is 3. The molecule has 1 atom stereocenters. The summed E-state index contributed by atoms with van der Waals surface area (Å²) in [6.07, 6.45) is 1.60. The number of aliphatic hydroxyl groups excluding tert-OH is 1. The lowest BCUT2D eigenvalue weighted by Gasteiger charge is -2.05. The number of benzene rings is 1. The molecule has 3 N–H and O–H groups in total. The maximum absolute atomic E-state index is 11.4. The molecule has 1 amide bonds. The van der Waals surface area contributed by atoms with E-state index in [1.165, 1.54) is 6.08 Å². The molecule has 0 spiro atoms. The average Bonchev–Trinajstić information content (AvgIpc) is 2.36. The van der Waals surface area contributed by atoms with Crippen LogP contribution < -0.4 is 5.32 Å². The van der Waals surface area contributed by atoms with E-state index in [1.54, 1.807) is 6.08 Å². The van der Waals surface area contributed by atoms with Crippen molar-refractivity contribution < 1.29 is 19.8 Å². The van der Waals surface area contributed by atoms with E-state index in [2.05, 4.69) is 5.32 Å². The van der Waals surface area contributed by atoms with Crippen molar-refractivity contribution in [1.82, 2.24) is 5.32 Å². The highest BCUT2D eigenvalue weighted by atomic mass is 16.4. The molecule has 0 saturated heterocycles. The second-order valence-electron chi connectivity index (χ2n) is 4.18. The molecule has 0 aliphatic heterocycles. The Bertz CT molecular complexity index is 482. The van der Waals surface area contributed by atoms with Gasteiger partial charge in [-0.15, -0.1) is 0 Å². The predicted molar refractivity (Wildman–Crippen MR) is 71.5 cm³/mol. The maximum Gasteiger partial charge on any atom is 0.332 e. The van der Waals surface area contributed by atoms with Crippen LogP contribution in [0, 0.1) is 6.92 Å². The summed E-state index contributed by atoms with van der Waals surface area (Å²) in [5.41, 5.74) is 2.02. The molecular formula is C14H17NO4. The second kappa shape index (κ2) is 7.33. The minimum absolute atomic E-state index is 0.0145. The summed E-state index contributed by atoms with van der Waals surface area (Å²) in [6.45, 7) is 2.08. The Labute approximate surface area is 111 Å². The van der Waals surface area contributed by atoms with Gasteiger partial charge in [-0.1, -0.05) is 29.8 Å². The third kappa shape index (κ3) is 5.83. The molecule has 1 rings (SSSR count). The molecule has 0 aliphatic rings. The van der Waals surface area contributed by atoms with Gasteiger partial charge in [-0.3, -0.25) is 4.79 Å². The number of aliphatic carboxylic acids is 1. The fourth-order valence-electron chi connectivity index (χ4n) is 1.46. The largest absolute Gasteiger partial charge is 0.479 e. The predicted octanol–water partition coefficient (Wildman–Crippen LogP) is 0.960. The molecule has 0 radical (unpaired) electrons. The summed E-state index contributed by atoms with van der Waals surface area (Å²) >= 11 is 0. The number of rotatable bonds is 6. The maximum atomic E-state index is 11.4.